The molecule has 0 aromatic carbocycles. The van der Waals surface area contributed by atoms with E-state index in [0.717, 1.165) is 12.3 Å². The number of amides is 1. The molecule has 0 atom stereocenters. The second-order valence-corrected chi connectivity index (χ2v) is 4.51. The number of hydrogen-bond acceptors (Lipinski definition) is 4. The molecule has 2 heterocycles. The van der Waals surface area contributed by atoms with Crippen molar-refractivity contribution in [2.24, 2.45) is 0 Å². The predicted octanol–water partition coefficient (Wildman–Crippen LogP) is 1.38. The summed E-state index contributed by atoms with van der Waals surface area (Å²) >= 11 is 5.46. The molecule has 0 radical (unpaired) electrons. The van der Waals surface area contributed by atoms with Gasteiger partial charge in [-0.25, -0.2) is 9.97 Å². The third-order valence-corrected chi connectivity index (χ3v) is 3.19. The number of alkyl halides is 4. The van der Waals surface area contributed by atoms with Crippen LogP contribution in [0.5, 0.6) is 0 Å². The van der Waals surface area contributed by atoms with Gasteiger partial charge in [-0.15, -0.1) is 11.6 Å². The predicted molar refractivity (Wildman–Crippen MR) is 66.5 cm³/mol. The standard InChI is InChI=1S/C11H12ClF3N4O/c12-7-9(20)18-3-5-19(6-4-18)10-16-2-1-8(17-10)11(13,14)15/h1-2H,3-7H2. The molecule has 1 aliphatic heterocycles. The normalized spacial score (nSPS) is 16.4. The fourth-order valence-electron chi connectivity index (χ4n) is 1.90. The monoisotopic (exact) mass is 308 g/mol. The molecule has 0 spiro atoms. The van der Waals surface area contributed by atoms with Crippen molar-refractivity contribution in [2.75, 3.05) is 37.0 Å². The number of nitrogens with zero attached hydrogens (tertiary/aromatic N) is 4. The van der Waals surface area contributed by atoms with Gasteiger partial charge in [0, 0.05) is 32.4 Å². The Balaban J connectivity index is 2.06. The number of anilines is 1. The van der Waals surface area contributed by atoms with E-state index in [1.54, 1.807) is 9.80 Å². The summed E-state index contributed by atoms with van der Waals surface area (Å²) in [5, 5.41) is 0. The highest BCUT2D eigenvalue weighted by Crippen LogP contribution is 2.28. The molecular formula is C11H12ClF3N4O. The van der Waals surface area contributed by atoms with Gasteiger partial charge < -0.3 is 9.80 Å². The van der Waals surface area contributed by atoms with E-state index >= 15 is 0 Å². The quantitative estimate of drug-likeness (QED) is 0.775. The minimum absolute atomic E-state index is 0.0257. The van der Waals surface area contributed by atoms with Crippen molar-refractivity contribution in [2.45, 2.75) is 6.18 Å². The van der Waals surface area contributed by atoms with E-state index in [9.17, 15) is 18.0 Å². The molecule has 0 bridgehead atoms. The fourth-order valence-corrected chi connectivity index (χ4v) is 2.07. The van der Waals surface area contributed by atoms with Crippen molar-refractivity contribution in [3.63, 3.8) is 0 Å². The first kappa shape index (κ1) is 14.8. The van der Waals surface area contributed by atoms with Gasteiger partial charge in [0.2, 0.25) is 11.9 Å². The van der Waals surface area contributed by atoms with Crippen molar-refractivity contribution < 1.29 is 18.0 Å². The number of rotatable bonds is 2. The summed E-state index contributed by atoms with van der Waals surface area (Å²) in [7, 11) is 0. The Morgan fingerprint density at radius 2 is 1.95 bits per heavy atom. The van der Waals surface area contributed by atoms with E-state index in [-0.39, 0.29) is 17.7 Å². The van der Waals surface area contributed by atoms with Crippen LogP contribution >= 0.6 is 11.6 Å². The van der Waals surface area contributed by atoms with Gasteiger partial charge in [0.25, 0.3) is 0 Å². The lowest BCUT2D eigenvalue weighted by molar-refractivity contribution is -0.141. The summed E-state index contributed by atoms with van der Waals surface area (Å²) in [5.74, 6) is -0.255. The first-order chi connectivity index (χ1) is 9.41. The number of piperazine rings is 1. The van der Waals surface area contributed by atoms with Crippen LogP contribution < -0.4 is 4.90 Å². The number of carbonyl (C=O) groups excluding carboxylic acids is 1. The lowest BCUT2D eigenvalue weighted by Gasteiger charge is -2.34. The maximum atomic E-state index is 12.6. The number of hydrogen-bond donors (Lipinski definition) is 0. The van der Waals surface area contributed by atoms with Crippen LogP contribution in [-0.2, 0) is 11.0 Å². The van der Waals surface area contributed by atoms with E-state index in [0.29, 0.717) is 26.2 Å². The molecule has 2 rings (SSSR count). The summed E-state index contributed by atoms with van der Waals surface area (Å²) in [6, 6.07) is 0.830. The highest BCUT2D eigenvalue weighted by atomic mass is 35.5. The second kappa shape index (κ2) is 5.82. The fraction of sp³-hybridized carbons (Fsp3) is 0.545. The number of halogens is 4. The zero-order chi connectivity index (χ0) is 14.8. The van der Waals surface area contributed by atoms with Crippen molar-refractivity contribution in [1.82, 2.24) is 14.9 Å². The summed E-state index contributed by atoms with van der Waals surface area (Å²) in [6.07, 6.45) is -3.41. The van der Waals surface area contributed by atoms with Gasteiger partial charge in [0.1, 0.15) is 11.6 Å². The maximum absolute atomic E-state index is 12.6. The Labute approximate surface area is 118 Å². The third-order valence-electron chi connectivity index (χ3n) is 2.96. The van der Waals surface area contributed by atoms with Crippen LogP contribution in [0.25, 0.3) is 0 Å². The molecule has 1 fully saturated rings. The summed E-state index contributed by atoms with van der Waals surface area (Å²) in [5.41, 5.74) is -0.971. The molecule has 20 heavy (non-hydrogen) atoms. The molecule has 0 unspecified atom stereocenters. The van der Waals surface area contributed by atoms with E-state index in [4.69, 9.17) is 11.6 Å². The summed E-state index contributed by atoms with van der Waals surface area (Å²) in [4.78, 5) is 21.9. The molecule has 0 N–H and O–H groups in total. The van der Waals surface area contributed by atoms with Crippen LogP contribution in [0, 0.1) is 0 Å². The average molecular weight is 309 g/mol. The molecule has 1 aromatic heterocycles. The molecule has 1 amide bonds. The Kier molecular flexibility index (Phi) is 4.32. The average Bonchev–Trinajstić information content (AvgIpc) is 2.46. The largest absolute Gasteiger partial charge is 0.433 e. The molecule has 1 aromatic rings. The van der Waals surface area contributed by atoms with Gasteiger partial charge in [0.15, 0.2) is 0 Å². The van der Waals surface area contributed by atoms with E-state index in [1.165, 1.54) is 0 Å². The smallest absolute Gasteiger partial charge is 0.338 e. The van der Waals surface area contributed by atoms with E-state index in [2.05, 4.69) is 9.97 Å². The van der Waals surface area contributed by atoms with Gasteiger partial charge in [0.05, 0.1) is 0 Å². The Morgan fingerprint density at radius 3 is 2.50 bits per heavy atom. The Morgan fingerprint density at radius 1 is 1.30 bits per heavy atom. The minimum Gasteiger partial charge on any atom is -0.338 e. The van der Waals surface area contributed by atoms with Gasteiger partial charge in [-0.3, -0.25) is 4.79 Å². The van der Waals surface area contributed by atoms with Crippen LogP contribution in [-0.4, -0.2) is 52.8 Å². The van der Waals surface area contributed by atoms with Crippen molar-refractivity contribution in [3.05, 3.63) is 18.0 Å². The van der Waals surface area contributed by atoms with Crippen LogP contribution in [0.15, 0.2) is 12.3 Å². The van der Waals surface area contributed by atoms with Crippen LogP contribution in [0.3, 0.4) is 0 Å². The number of carbonyl (C=O) groups is 1. The van der Waals surface area contributed by atoms with Crippen molar-refractivity contribution in [3.8, 4) is 0 Å². The maximum Gasteiger partial charge on any atom is 0.433 e. The Hall–Kier alpha value is -1.57. The van der Waals surface area contributed by atoms with Gasteiger partial charge in [-0.2, -0.15) is 13.2 Å². The highest BCUT2D eigenvalue weighted by Gasteiger charge is 2.33. The zero-order valence-corrected chi connectivity index (χ0v) is 11.2. The zero-order valence-electron chi connectivity index (χ0n) is 10.4. The van der Waals surface area contributed by atoms with Crippen molar-refractivity contribution in [1.29, 1.82) is 0 Å². The first-order valence-electron chi connectivity index (χ1n) is 5.91. The SMILES string of the molecule is O=C(CCl)N1CCN(c2nccc(C(F)(F)F)n2)CC1. The first-order valence-corrected chi connectivity index (χ1v) is 6.44. The van der Waals surface area contributed by atoms with Crippen LogP contribution in [0.1, 0.15) is 5.69 Å². The molecule has 110 valence electrons. The molecule has 1 aliphatic rings. The minimum atomic E-state index is -4.49. The molecule has 1 saturated heterocycles. The number of aromatic nitrogens is 2. The summed E-state index contributed by atoms with van der Waals surface area (Å²) < 4.78 is 37.7. The topological polar surface area (TPSA) is 49.3 Å². The third kappa shape index (κ3) is 3.30. The highest BCUT2D eigenvalue weighted by molar-refractivity contribution is 6.27. The molecule has 5 nitrogen and oxygen atoms in total. The molecule has 0 aliphatic carbocycles. The second-order valence-electron chi connectivity index (χ2n) is 4.24. The van der Waals surface area contributed by atoms with Gasteiger partial charge in [-0.1, -0.05) is 0 Å². The molecule has 9 heteroatoms. The molecular weight excluding hydrogens is 297 g/mol. The molecule has 0 saturated carbocycles. The summed E-state index contributed by atoms with van der Waals surface area (Å²) in [6.45, 7) is 1.55. The lowest BCUT2D eigenvalue weighted by Crippen LogP contribution is -2.49. The van der Waals surface area contributed by atoms with E-state index < -0.39 is 11.9 Å². The van der Waals surface area contributed by atoms with Crippen molar-refractivity contribution >= 4 is 23.5 Å². The van der Waals surface area contributed by atoms with E-state index in [1.807, 2.05) is 0 Å². The lowest BCUT2D eigenvalue weighted by atomic mass is 10.3. The van der Waals surface area contributed by atoms with Gasteiger partial charge in [-0.05, 0) is 6.07 Å². The Bertz CT molecular complexity index is 489. The van der Waals surface area contributed by atoms with Crippen LogP contribution in [0.2, 0.25) is 0 Å². The van der Waals surface area contributed by atoms with Crippen LogP contribution in [0.4, 0.5) is 19.1 Å². The van der Waals surface area contributed by atoms with Gasteiger partial charge >= 0.3 is 6.18 Å².